The van der Waals surface area contributed by atoms with Crippen molar-refractivity contribution in [1.82, 2.24) is 0 Å². The van der Waals surface area contributed by atoms with E-state index in [4.69, 9.17) is 0 Å². The second kappa shape index (κ2) is 4.34. The highest BCUT2D eigenvalue weighted by Gasteiger charge is 2.06. The third-order valence-corrected chi connectivity index (χ3v) is 2.15. The Morgan fingerprint density at radius 1 is 1.33 bits per heavy atom. The van der Waals surface area contributed by atoms with Crippen LogP contribution in [0.5, 0.6) is 0 Å². The Kier molecular flexibility index (Phi) is 4.59. The molecule has 0 radical (unpaired) electrons. The summed E-state index contributed by atoms with van der Waals surface area (Å²) in [5.41, 5.74) is 3.31. The average molecular weight is 252 g/mol. The third-order valence-electron chi connectivity index (χ3n) is 0.683. The topological polar surface area (TPSA) is 0 Å². The zero-order valence-corrected chi connectivity index (χ0v) is 9.45. The van der Waals surface area contributed by atoms with Crippen LogP contribution in [0.1, 0.15) is 6.42 Å². The maximum Gasteiger partial charge on any atom is 0.129 e. The van der Waals surface area contributed by atoms with Crippen LogP contribution < -0.4 is 0 Å². The summed E-state index contributed by atoms with van der Waals surface area (Å²) < 4.78 is 1.16. The SMILES string of the molecule is C[Si](C)(C)C#CCCI. The van der Waals surface area contributed by atoms with E-state index in [1.807, 2.05) is 0 Å². The fraction of sp³-hybridized carbons (Fsp3) is 0.714. The normalized spacial score (nSPS) is 10.2. The molecule has 52 valence electrons. The lowest BCUT2D eigenvalue weighted by Gasteiger charge is -2.02. The zero-order chi connectivity index (χ0) is 7.33. The van der Waals surface area contributed by atoms with Gasteiger partial charge in [0.15, 0.2) is 0 Å². The number of hydrogen-bond acceptors (Lipinski definition) is 0. The molecule has 0 bridgehead atoms. The fourth-order valence-corrected chi connectivity index (χ4v) is 1.30. The van der Waals surface area contributed by atoms with Crippen molar-refractivity contribution in [3.05, 3.63) is 0 Å². The Labute approximate surface area is 72.6 Å². The molecule has 0 heterocycles. The Morgan fingerprint density at radius 3 is 2.22 bits per heavy atom. The molecule has 0 aromatic heterocycles. The average Bonchev–Trinajstić information content (AvgIpc) is 1.63. The van der Waals surface area contributed by atoms with Crippen LogP contribution in [0.3, 0.4) is 0 Å². The summed E-state index contributed by atoms with van der Waals surface area (Å²) in [6, 6.07) is 0. The lowest BCUT2D eigenvalue weighted by Crippen LogP contribution is -2.16. The smallest absolute Gasteiger partial charge is 0.129 e. The molecule has 0 fully saturated rings. The highest BCUT2D eigenvalue weighted by molar-refractivity contribution is 14.1. The Hall–Kier alpha value is 0.507. The van der Waals surface area contributed by atoms with Crippen molar-refractivity contribution >= 4 is 30.7 Å². The lowest BCUT2D eigenvalue weighted by molar-refractivity contribution is 1.34. The molecule has 0 N–H and O–H groups in total. The molecule has 0 amide bonds. The Morgan fingerprint density at radius 2 is 1.89 bits per heavy atom. The van der Waals surface area contributed by atoms with Gasteiger partial charge in [-0.05, 0) is 0 Å². The molecule has 0 rings (SSSR count). The van der Waals surface area contributed by atoms with Gasteiger partial charge in [0.2, 0.25) is 0 Å². The van der Waals surface area contributed by atoms with Gasteiger partial charge in [-0.1, -0.05) is 42.2 Å². The van der Waals surface area contributed by atoms with Gasteiger partial charge in [0.1, 0.15) is 8.07 Å². The number of halogens is 1. The van der Waals surface area contributed by atoms with Crippen molar-refractivity contribution in [3.8, 4) is 11.5 Å². The van der Waals surface area contributed by atoms with Gasteiger partial charge >= 0.3 is 0 Å². The van der Waals surface area contributed by atoms with Crippen LogP contribution in [0.25, 0.3) is 0 Å². The molecule has 2 heteroatoms. The molecular weight excluding hydrogens is 239 g/mol. The molecule has 0 unspecified atom stereocenters. The molecular formula is C7H13ISi. The monoisotopic (exact) mass is 252 g/mol. The summed E-state index contributed by atoms with van der Waals surface area (Å²) in [4.78, 5) is 0. The minimum atomic E-state index is -1.06. The Bertz CT molecular complexity index is 124. The summed E-state index contributed by atoms with van der Waals surface area (Å²) in [7, 11) is -1.06. The highest BCUT2D eigenvalue weighted by atomic mass is 127. The zero-order valence-electron chi connectivity index (χ0n) is 6.29. The van der Waals surface area contributed by atoms with Gasteiger partial charge in [0, 0.05) is 10.8 Å². The van der Waals surface area contributed by atoms with E-state index in [0.29, 0.717) is 0 Å². The van der Waals surface area contributed by atoms with Crippen LogP contribution >= 0.6 is 22.6 Å². The van der Waals surface area contributed by atoms with E-state index in [0.717, 1.165) is 10.8 Å². The van der Waals surface area contributed by atoms with E-state index in [-0.39, 0.29) is 0 Å². The van der Waals surface area contributed by atoms with Crippen molar-refractivity contribution in [3.63, 3.8) is 0 Å². The fourth-order valence-electron chi connectivity index (χ4n) is 0.375. The van der Waals surface area contributed by atoms with Crippen LogP contribution in [0.2, 0.25) is 19.6 Å². The van der Waals surface area contributed by atoms with Crippen molar-refractivity contribution in [2.24, 2.45) is 0 Å². The van der Waals surface area contributed by atoms with Gasteiger partial charge < -0.3 is 0 Å². The van der Waals surface area contributed by atoms with E-state index in [1.54, 1.807) is 0 Å². The molecule has 0 aromatic rings. The van der Waals surface area contributed by atoms with Gasteiger partial charge in [-0.3, -0.25) is 0 Å². The van der Waals surface area contributed by atoms with Crippen LogP contribution in [-0.2, 0) is 0 Å². The maximum atomic E-state index is 3.31. The van der Waals surface area contributed by atoms with Gasteiger partial charge in [-0.2, -0.15) is 0 Å². The van der Waals surface area contributed by atoms with E-state index in [1.165, 1.54) is 0 Å². The second-order valence-electron chi connectivity index (χ2n) is 2.99. The quantitative estimate of drug-likeness (QED) is 0.291. The summed E-state index contributed by atoms with van der Waals surface area (Å²) in [5, 5.41) is 0. The lowest BCUT2D eigenvalue weighted by atomic mass is 10.5. The molecule has 0 aromatic carbocycles. The van der Waals surface area contributed by atoms with Crippen LogP contribution in [0.4, 0.5) is 0 Å². The number of alkyl halides is 1. The molecule has 0 aliphatic carbocycles. The van der Waals surface area contributed by atoms with E-state index in [2.05, 4.69) is 53.7 Å². The molecule has 9 heavy (non-hydrogen) atoms. The summed E-state index contributed by atoms with van der Waals surface area (Å²) in [5.74, 6) is 3.18. The minimum absolute atomic E-state index is 1.06. The highest BCUT2D eigenvalue weighted by Crippen LogP contribution is 1.96. The van der Waals surface area contributed by atoms with Gasteiger partial charge in [-0.25, -0.2) is 0 Å². The summed E-state index contributed by atoms with van der Waals surface area (Å²) in [6.45, 7) is 6.81. The van der Waals surface area contributed by atoms with Crippen molar-refractivity contribution in [2.75, 3.05) is 4.43 Å². The van der Waals surface area contributed by atoms with Gasteiger partial charge in [0.05, 0.1) is 0 Å². The van der Waals surface area contributed by atoms with Crippen molar-refractivity contribution < 1.29 is 0 Å². The first-order valence-corrected chi connectivity index (χ1v) is 8.15. The van der Waals surface area contributed by atoms with Crippen LogP contribution in [0, 0.1) is 11.5 Å². The maximum absolute atomic E-state index is 3.31. The van der Waals surface area contributed by atoms with Crippen LogP contribution in [-0.4, -0.2) is 12.5 Å². The molecule has 0 saturated heterocycles. The van der Waals surface area contributed by atoms with Crippen molar-refractivity contribution in [2.45, 2.75) is 26.1 Å². The molecule has 0 spiro atoms. The Balaban J connectivity index is 3.59. The van der Waals surface area contributed by atoms with Crippen molar-refractivity contribution in [1.29, 1.82) is 0 Å². The van der Waals surface area contributed by atoms with E-state index in [9.17, 15) is 0 Å². The molecule has 0 saturated carbocycles. The molecule has 0 nitrogen and oxygen atoms in total. The minimum Gasteiger partial charge on any atom is -0.132 e. The summed E-state index contributed by atoms with van der Waals surface area (Å²) >= 11 is 2.35. The first kappa shape index (κ1) is 9.51. The van der Waals surface area contributed by atoms with Crippen LogP contribution in [0.15, 0.2) is 0 Å². The predicted octanol–water partition coefficient (Wildman–Crippen LogP) is 2.69. The largest absolute Gasteiger partial charge is 0.132 e. The molecule has 0 aliphatic rings. The number of rotatable bonds is 1. The van der Waals surface area contributed by atoms with Gasteiger partial charge in [-0.15, -0.1) is 11.5 Å². The van der Waals surface area contributed by atoms with Gasteiger partial charge in [0.25, 0.3) is 0 Å². The number of hydrogen-bond donors (Lipinski definition) is 0. The summed E-state index contributed by atoms with van der Waals surface area (Å²) in [6.07, 6.45) is 1.06. The standard InChI is InChI=1S/C7H13ISi/c1-9(2,3)7-5-4-6-8/h4,6H2,1-3H3. The first-order valence-electron chi connectivity index (χ1n) is 3.12. The molecule has 0 aliphatic heterocycles. The van der Waals surface area contributed by atoms with E-state index < -0.39 is 8.07 Å². The second-order valence-corrected chi connectivity index (χ2v) is 8.82. The predicted molar refractivity (Wildman–Crippen MR) is 54.6 cm³/mol. The van der Waals surface area contributed by atoms with E-state index >= 15 is 0 Å². The third kappa shape index (κ3) is 8.51. The molecule has 0 atom stereocenters. The first-order chi connectivity index (χ1) is 4.06.